The number of aryl methyl sites for hydroxylation is 2. The van der Waals surface area contributed by atoms with E-state index in [-0.39, 0.29) is 64.5 Å². The van der Waals surface area contributed by atoms with Gasteiger partial charge >= 0.3 is 6.18 Å². The number of benzene rings is 1. The lowest BCUT2D eigenvalue weighted by atomic mass is 9.81. The van der Waals surface area contributed by atoms with Crippen molar-refractivity contribution in [3.8, 4) is 5.75 Å². The molecular formula is C33H36F3N9O4. The van der Waals surface area contributed by atoms with Crippen molar-refractivity contribution in [2.24, 2.45) is 0 Å². The molecule has 0 unspecified atom stereocenters. The molecule has 1 saturated carbocycles. The lowest BCUT2D eigenvalue weighted by Gasteiger charge is -2.54. The van der Waals surface area contributed by atoms with Crippen LogP contribution >= 0.6 is 0 Å². The van der Waals surface area contributed by atoms with Crippen molar-refractivity contribution in [3.63, 3.8) is 0 Å². The summed E-state index contributed by atoms with van der Waals surface area (Å²) in [4.78, 5) is 64.0. The van der Waals surface area contributed by atoms with Crippen LogP contribution in [0.25, 0.3) is 11.2 Å². The van der Waals surface area contributed by atoms with Gasteiger partial charge in [-0.15, -0.1) is 0 Å². The van der Waals surface area contributed by atoms with Gasteiger partial charge in [-0.25, -0.2) is 19.9 Å². The Morgan fingerprint density at radius 3 is 2.45 bits per heavy atom. The summed E-state index contributed by atoms with van der Waals surface area (Å²) in [6.07, 6.45) is -0.0599. The second kappa shape index (κ2) is 12.6. The zero-order chi connectivity index (χ0) is 35.4. The maximum absolute atomic E-state index is 14.4. The van der Waals surface area contributed by atoms with E-state index in [1.165, 1.54) is 25.5 Å². The first-order chi connectivity index (χ1) is 23.2. The number of nitrogens with one attached hydrogen (secondary N) is 1. The number of anilines is 3. The van der Waals surface area contributed by atoms with Crippen LogP contribution in [0.2, 0.25) is 0 Å². The maximum atomic E-state index is 14.4. The van der Waals surface area contributed by atoms with Crippen molar-refractivity contribution in [2.75, 3.05) is 42.3 Å². The quantitative estimate of drug-likeness (QED) is 0.296. The molecule has 3 aromatic heterocycles. The van der Waals surface area contributed by atoms with Crippen LogP contribution in [0, 0.1) is 13.8 Å². The summed E-state index contributed by atoms with van der Waals surface area (Å²) in [6, 6.07) is 2.62. The fraction of sp³-hybridized carbons (Fsp3) is 0.424. The number of hydrogen-bond donors (Lipinski definition) is 2. The van der Waals surface area contributed by atoms with E-state index >= 15 is 0 Å². The number of piperazine rings is 1. The fourth-order valence-corrected chi connectivity index (χ4v) is 6.60. The highest BCUT2D eigenvalue weighted by Crippen LogP contribution is 2.39. The number of fused-ring (bicyclic) bond motifs is 2. The smallest absolute Gasteiger partial charge is 0.416 e. The Morgan fingerprint density at radius 2 is 1.82 bits per heavy atom. The van der Waals surface area contributed by atoms with Gasteiger partial charge in [-0.05, 0) is 56.9 Å². The summed E-state index contributed by atoms with van der Waals surface area (Å²) >= 11 is 0. The molecule has 16 heteroatoms. The largest absolute Gasteiger partial charge is 0.504 e. The number of halogens is 3. The van der Waals surface area contributed by atoms with E-state index < -0.39 is 23.6 Å². The standard InChI is InChI=1S/C33H36F3N9O4/c1-6-21-28(43-11-12-44(23-10-9-22(23)43)32(49)27-29(47)18(3)38-16-39-27)30(48)26-31(37-14-24(41-26)42(4)5)45(21)15-25(46)40-20-8-7-19(13-17(20)2)33(34,35)36/h7-8,13-14,16,22-23,47H,6,9-12,15H2,1-5H3,(H,40,46)/t22-,23-/m0/s1. The fourth-order valence-electron chi connectivity index (χ4n) is 6.60. The Labute approximate surface area is 279 Å². The van der Waals surface area contributed by atoms with Crippen LogP contribution < -0.4 is 20.5 Å². The molecule has 6 rings (SSSR count). The number of aromatic nitrogens is 5. The van der Waals surface area contributed by atoms with Crippen molar-refractivity contribution in [3.05, 3.63) is 69.2 Å². The molecule has 4 heterocycles. The van der Waals surface area contributed by atoms with Crippen LogP contribution in [0.4, 0.5) is 30.4 Å². The second-order valence-electron chi connectivity index (χ2n) is 12.5. The van der Waals surface area contributed by atoms with E-state index in [9.17, 15) is 32.7 Å². The predicted octanol–water partition coefficient (Wildman–Crippen LogP) is 3.68. The van der Waals surface area contributed by atoms with Crippen LogP contribution in [-0.2, 0) is 23.9 Å². The van der Waals surface area contributed by atoms with Gasteiger partial charge in [-0.3, -0.25) is 14.4 Å². The Hall–Kier alpha value is -5.28. The third-order valence-electron chi connectivity index (χ3n) is 9.29. The van der Waals surface area contributed by atoms with Crippen molar-refractivity contribution < 1.29 is 27.9 Å². The van der Waals surface area contributed by atoms with Gasteiger partial charge in [0.05, 0.1) is 23.5 Å². The Kier molecular flexibility index (Phi) is 8.67. The molecule has 1 saturated heterocycles. The number of hydrogen-bond acceptors (Lipinski definition) is 10. The minimum Gasteiger partial charge on any atom is -0.504 e. The van der Waals surface area contributed by atoms with Crippen LogP contribution in [0.3, 0.4) is 0 Å². The predicted molar refractivity (Wildman–Crippen MR) is 176 cm³/mol. The minimum absolute atomic E-state index is 0.0627. The van der Waals surface area contributed by atoms with E-state index in [2.05, 4.69) is 25.3 Å². The number of carbonyl (C=O) groups is 2. The molecule has 2 amide bonds. The molecule has 1 aliphatic carbocycles. The molecule has 2 aliphatic rings. The Balaban J connectivity index is 1.38. The molecule has 0 bridgehead atoms. The van der Waals surface area contributed by atoms with Crippen LogP contribution in [0.5, 0.6) is 5.75 Å². The highest BCUT2D eigenvalue weighted by Gasteiger charge is 2.47. The molecule has 0 radical (unpaired) electrons. The van der Waals surface area contributed by atoms with Gasteiger partial charge in [0.25, 0.3) is 5.91 Å². The lowest BCUT2D eigenvalue weighted by Crippen LogP contribution is -2.67. The van der Waals surface area contributed by atoms with E-state index in [1.54, 1.807) is 35.4 Å². The number of rotatable bonds is 7. The summed E-state index contributed by atoms with van der Waals surface area (Å²) in [5.41, 5.74) is 0.680. The Morgan fingerprint density at radius 1 is 1.08 bits per heavy atom. The average Bonchev–Trinajstić information content (AvgIpc) is 3.03. The zero-order valence-electron chi connectivity index (χ0n) is 27.7. The topological polar surface area (TPSA) is 150 Å². The summed E-state index contributed by atoms with van der Waals surface area (Å²) in [5, 5.41) is 13.2. The van der Waals surface area contributed by atoms with Gasteiger partial charge in [0.1, 0.15) is 24.4 Å². The number of pyridine rings is 1. The molecule has 13 nitrogen and oxygen atoms in total. The summed E-state index contributed by atoms with van der Waals surface area (Å²) in [5.74, 6) is -0.769. The molecule has 0 spiro atoms. The molecular weight excluding hydrogens is 643 g/mol. The van der Waals surface area contributed by atoms with Gasteiger partial charge in [0, 0.05) is 44.6 Å². The number of amides is 2. The third-order valence-corrected chi connectivity index (χ3v) is 9.29. The maximum Gasteiger partial charge on any atom is 0.416 e. The monoisotopic (exact) mass is 679 g/mol. The van der Waals surface area contributed by atoms with Gasteiger partial charge in [0.15, 0.2) is 22.6 Å². The van der Waals surface area contributed by atoms with Crippen LogP contribution in [0.15, 0.2) is 35.5 Å². The number of carbonyl (C=O) groups excluding carboxylic acids is 2. The average molecular weight is 680 g/mol. The number of alkyl halides is 3. The van der Waals surface area contributed by atoms with Crippen molar-refractivity contribution in [1.29, 1.82) is 0 Å². The lowest BCUT2D eigenvalue weighted by molar-refractivity contribution is -0.137. The first kappa shape index (κ1) is 33.6. The minimum atomic E-state index is -4.52. The molecule has 2 fully saturated rings. The molecule has 1 aliphatic heterocycles. The summed E-state index contributed by atoms with van der Waals surface area (Å²) in [6.45, 7) is 5.19. The molecule has 258 valence electrons. The number of aromatic hydroxyl groups is 1. The normalized spacial score (nSPS) is 17.5. The zero-order valence-corrected chi connectivity index (χ0v) is 27.7. The Bertz CT molecular complexity index is 2030. The highest BCUT2D eigenvalue weighted by molar-refractivity contribution is 5.96. The second-order valence-corrected chi connectivity index (χ2v) is 12.5. The van der Waals surface area contributed by atoms with Gasteiger partial charge in [0.2, 0.25) is 11.3 Å². The molecule has 2 N–H and O–H groups in total. The van der Waals surface area contributed by atoms with Crippen LogP contribution in [0.1, 0.15) is 52.8 Å². The molecule has 49 heavy (non-hydrogen) atoms. The van der Waals surface area contributed by atoms with Gasteiger partial charge in [-0.2, -0.15) is 13.2 Å². The van der Waals surface area contributed by atoms with E-state index in [0.717, 1.165) is 12.1 Å². The third kappa shape index (κ3) is 5.99. The van der Waals surface area contributed by atoms with Gasteiger partial charge < -0.3 is 29.7 Å². The first-order valence-electron chi connectivity index (χ1n) is 15.9. The van der Waals surface area contributed by atoms with Gasteiger partial charge in [-0.1, -0.05) is 6.92 Å². The van der Waals surface area contributed by atoms with E-state index in [4.69, 9.17) is 0 Å². The van der Waals surface area contributed by atoms with Crippen LogP contribution in [-0.4, -0.2) is 85.6 Å². The summed E-state index contributed by atoms with van der Waals surface area (Å²) < 4.78 is 41.4. The SMILES string of the molecule is CCc1c(N2CCN(C(=O)c3ncnc(C)c3O)[C@H]3CC[C@@H]32)c(=O)c2nc(N(C)C)cnc2n1CC(=O)Nc1ccc(C(F)(F)F)cc1C. The molecule has 2 atom stereocenters. The highest BCUT2D eigenvalue weighted by atomic mass is 19.4. The van der Waals surface area contributed by atoms with E-state index in [1.807, 2.05) is 11.8 Å². The summed E-state index contributed by atoms with van der Waals surface area (Å²) in [7, 11) is 3.53. The van der Waals surface area contributed by atoms with Crippen molar-refractivity contribution in [2.45, 2.75) is 64.8 Å². The molecule has 4 aromatic rings. The first-order valence-corrected chi connectivity index (χ1v) is 15.9. The van der Waals surface area contributed by atoms with E-state index in [0.29, 0.717) is 48.7 Å². The number of nitrogens with zero attached hydrogens (tertiary/aromatic N) is 8. The van der Waals surface area contributed by atoms with Crippen molar-refractivity contribution >= 4 is 40.2 Å². The van der Waals surface area contributed by atoms with Crippen molar-refractivity contribution in [1.82, 2.24) is 29.4 Å². The molecule has 1 aromatic carbocycles.